The zero-order valence-corrected chi connectivity index (χ0v) is 14.9. The van der Waals surface area contributed by atoms with Crippen molar-refractivity contribution in [2.24, 2.45) is 5.92 Å². The van der Waals surface area contributed by atoms with Gasteiger partial charge in [0, 0.05) is 10.6 Å². The summed E-state index contributed by atoms with van der Waals surface area (Å²) in [6, 6.07) is 11.5. The van der Waals surface area contributed by atoms with E-state index in [1.165, 1.54) is 18.2 Å². The van der Waals surface area contributed by atoms with E-state index in [0.717, 1.165) is 11.6 Å². The first-order valence-electron chi connectivity index (χ1n) is 8.09. The number of carbonyl (C=O) groups is 3. The molecule has 1 aliphatic rings. The average Bonchev–Trinajstić information content (AvgIpc) is 2.62. The lowest BCUT2D eigenvalue weighted by molar-refractivity contribution is -0.626. The van der Waals surface area contributed by atoms with Crippen molar-refractivity contribution in [2.45, 2.75) is 6.54 Å². The van der Waals surface area contributed by atoms with Crippen LogP contribution in [0.15, 0.2) is 60.8 Å². The Kier molecular flexibility index (Phi) is 5.34. The number of rotatable bonds is 5. The number of quaternary nitrogens is 1. The zero-order valence-electron chi connectivity index (χ0n) is 14.1. The molecule has 3 rings (SSSR count). The zero-order chi connectivity index (χ0) is 19.6. The number of carbonyl (C=O) groups excluding carboxylic acids is 3. The van der Waals surface area contributed by atoms with Crippen molar-refractivity contribution in [3.8, 4) is 0 Å². The highest BCUT2D eigenvalue weighted by Crippen LogP contribution is 2.25. The van der Waals surface area contributed by atoms with Gasteiger partial charge >= 0.3 is 6.03 Å². The number of urea groups is 1. The molecule has 1 aliphatic heterocycles. The van der Waals surface area contributed by atoms with Crippen molar-refractivity contribution in [3.63, 3.8) is 0 Å². The molecular formula is C19H16ClFN3O3+. The van der Waals surface area contributed by atoms with Crippen LogP contribution in [-0.4, -0.2) is 17.8 Å². The number of benzene rings is 2. The Hall–Kier alpha value is -3.03. The summed E-state index contributed by atoms with van der Waals surface area (Å²) in [5.74, 6) is -3.73. The lowest BCUT2D eigenvalue weighted by Gasteiger charge is -2.30. The van der Waals surface area contributed by atoms with Gasteiger partial charge in [-0.3, -0.25) is 14.9 Å². The summed E-state index contributed by atoms with van der Waals surface area (Å²) < 4.78 is 14.1. The van der Waals surface area contributed by atoms with Gasteiger partial charge in [0.2, 0.25) is 0 Å². The summed E-state index contributed by atoms with van der Waals surface area (Å²) in [7, 11) is 0. The number of barbiturate groups is 1. The van der Waals surface area contributed by atoms with E-state index in [1.54, 1.807) is 17.4 Å². The predicted molar refractivity (Wildman–Crippen MR) is 97.1 cm³/mol. The number of halogens is 2. The van der Waals surface area contributed by atoms with Gasteiger partial charge in [0.1, 0.15) is 18.1 Å². The SMILES string of the molecule is C=C([NH2+]Cc1ccccc1Cl)C1C(=O)NC(=O)N(c2ccccc2F)C1=O. The molecule has 1 unspecified atom stereocenters. The number of imide groups is 2. The molecule has 27 heavy (non-hydrogen) atoms. The lowest BCUT2D eigenvalue weighted by Crippen LogP contribution is -2.83. The number of hydrogen-bond donors (Lipinski definition) is 2. The van der Waals surface area contributed by atoms with Gasteiger partial charge in [0.25, 0.3) is 11.8 Å². The highest BCUT2D eigenvalue weighted by molar-refractivity contribution is 6.31. The molecule has 0 spiro atoms. The van der Waals surface area contributed by atoms with Gasteiger partial charge in [0.15, 0.2) is 5.92 Å². The van der Waals surface area contributed by atoms with Crippen molar-refractivity contribution in [1.82, 2.24) is 5.32 Å². The van der Waals surface area contributed by atoms with Crippen LogP contribution < -0.4 is 15.5 Å². The van der Waals surface area contributed by atoms with Crippen molar-refractivity contribution in [3.05, 3.63) is 77.2 Å². The van der Waals surface area contributed by atoms with Crippen molar-refractivity contribution in [2.75, 3.05) is 4.90 Å². The largest absolute Gasteiger partial charge is 0.335 e. The Bertz CT molecular complexity index is 947. The Labute approximate surface area is 159 Å². The van der Waals surface area contributed by atoms with Gasteiger partial charge < -0.3 is 5.32 Å². The van der Waals surface area contributed by atoms with Crippen LogP contribution in [0.3, 0.4) is 0 Å². The second kappa shape index (κ2) is 7.69. The van der Waals surface area contributed by atoms with E-state index >= 15 is 0 Å². The molecule has 0 bridgehead atoms. The minimum atomic E-state index is -1.33. The Morgan fingerprint density at radius 1 is 1.15 bits per heavy atom. The monoisotopic (exact) mass is 388 g/mol. The van der Waals surface area contributed by atoms with Gasteiger partial charge in [0.05, 0.1) is 5.69 Å². The van der Waals surface area contributed by atoms with Crippen LogP contribution in [-0.2, 0) is 16.1 Å². The van der Waals surface area contributed by atoms with Crippen molar-refractivity contribution in [1.29, 1.82) is 0 Å². The number of anilines is 1. The van der Waals surface area contributed by atoms with Crippen LogP contribution in [0, 0.1) is 11.7 Å². The molecule has 6 nitrogen and oxygen atoms in total. The minimum absolute atomic E-state index is 0.200. The number of hydrogen-bond acceptors (Lipinski definition) is 3. The number of nitrogens with zero attached hydrogens (tertiary/aromatic N) is 1. The second-order valence-corrected chi connectivity index (χ2v) is 6.33. The molecule has 8 heteroatoms. The van der Waals surface area contributed by atoms with E-state index in [9.17, 15) is 18.8 Å². The fourth-order valence-electron chi connectivity index (χ4n) is 2.79. The summed E-state index contributed by atoms with van der Waals surface area (Å²) in [5, 5.41) is 4.22. The molecule has 2 aromatic rings. The van der Waals surface area contributed by atoms with E-state index in [0.29, 0.717) is 16.5 Å². The number of amides is 4. The molecule has 0 radical (unpaired) electrons. The van der Waals surface area contributed by atoms with Crippen LogP contribution in [0.1, 0.15) is 5.56 Å². The molecule has 2 aromatic carbocycles. The molecular weight excluding hydrogens is 373 g/mol. The van der Waals surface area contributed by atoms with E-state index in [4.69, 9.17) is 11.6 Å². The fraction of sp³-hybridized carbons (Fsp3) is 0.105. The third kappa shape index (κ3) is 3.74. The molecule has 0 aromatic heterocycles. The normalized spacial score (nSPS) is 17.0. The summed E-state index contributed by atoms with van der Waals surface area (Å²) in [4.78, 5) is 37.7. The third-order valence-electron chi connectivity index (χ3n) is 4.17. The summed E-state index contributed by atoms with van der Waals surface area (Å²) in [6.07, 6.45) is 0. The summed E-state index contributed by atoms with van der Waals surface area (Å²) in [5.41, 5.74) is 0.772. The summed E-state index contributed by atoms with van der Waals surface area (Å²) in [6.45, 7) is 4.14. The van der Waals surface area contributed by atoms with Crippen LogP contribution in [0.25, 0.3) is 0 Å². The molecule has 0 saturated carbocycles. The average molecular weight is 389 g/mol. The van der Waals surface area contributed by atoms with Crippen molar-refractivity contribution >= 4 is 35.1 Å². The van der Waals surface area contributed by atoms with Gasteiger partial charge in [-0.25, -0.2) is 14.1 Å². The van der Waals surface area contributed by atoms with E-state index in [1.807, 2.05) is 12.1 Å². The van der Waals surface area contributed by atoms with E-state index < -0.39 is 29.6 Å². The predicted octanol–water partition coefficient (Wildman–Crippen LogP) is 1.96. The fourth-order valence-corrected chi connectivity index (χ4v) is 3.00. The first kappa shape index (κ1) is 18.8. The molecule has 1 fully saturated rings. The Morgan fingerprint density at radius 3 is 2.52 bits per heavy atom. The van der Waals surface area contributed by atoms with Gasteiger partial charge in [-0.05, 0) is 24.8 Å². The van der Waals surface area contributed by atoms with Crippen LogP contribution in [0.2, 0.25) is 5.02 Å². The molecule has 3 N–H and O–H groups in total. The van der Waals surface area contributed by atoms with Gasteiger partial charge in [-0.1, -0.05) is 41.9 Å². The molecule has 0 aliphatic carbocycles. The first-order chi connectivity index (χ1) is 12.9. The molecule has 1 saturated heterocycles. The molecule has 138 valence electrons. The Balaban J connectivity index is 1.82. The van der Waals surface area contributed by atoms with E-state index in [-0.39, 0.29) is 11.4 Å². The van der Waals surface area contributed by atoms with Crippen LogP contribution in [0.5, 0.6) is 0 Å². The first-order valence-corrected chi connectivity index (χ1v) is 8.46. The van der Waals surface area contributed by atoms with Crippen LogP contribution >= 0.6 is 11.6 Å². The van der Waals surface area contributed by atoms with E-state index in [2.05, 4.69) is 11.9 Å². The smallest absolute Gasteiger partial charge is 0.313 e. The molecule has 1 heterocycles. The topological polar surface area (TPSA) is 83.1 Å². The van der Waals surface area contributed by atoms with Gasteiger partial charge in [-0.2, -0.15) is 0 Å². The minimum Gasteiger partial charge on any atom is -0.313 e. The Morgan fingerprint density at radius 2 is 1.81 bits per heavy atom. The lowest BCUT2D eigenvalue weighted by atomic mass is 10.0. The second-order valence-electron chi connectivity index (χ2n) is 5.93. The standard InChI is InChI=1S/C19H15ClFN3O3/c1-11(22-10-12-6-2-3-7-13(12)20)16-17(25)23-19(27)24(18(16)26)15-9-5-4-8-14(15)21/h2-9,16,22H,1,10H2,(H,23,25,27)/p+1. The number of nitrogens with one attached hydrogen (secondary N) is 1. The molecule has 1 atom stereocenters. The molecule has 4 amide bonds. The van der Waals surface area contributed by atoms with Crippen LogP contribution in [0.4, 0.5) is 14.9 Å². The highest BCUT2D eigenvalue weighted by Gasteiger charge is 2.45. The third-order valence-corrected chi connectivity index (χ3v) is 4.54. The van der Waals surface area contributed by atoms with Gasteiger partial charge in [-0.15, -0.1) is 0 Å². The number of para-hydroxylation sites is 1. The quantitative estimate of drug-likeness (QED) is 0.768. The highest BCUT2D eigenvalue weighted by atomic mass is 35.5. The number of nitrogens with two attached hydrogens (primary N) is 1. The maximum Gasteiger partial charge on any atom is 0.335 e. The summed E-state index contributed by atoms with van der Waals surface area (Å²) >= 11 is 6.10. The maximum absolute atomic E-state index is 14.1. The van der Waals surface area contributed by atoms with Crippen molar-refractivity contribution < 1.29 is 24.1 Å². The maximum atomic E-state index is 14.1.